The van der Waals surface area contributed by atoms with Crippen LogP contribution < -0.4 is 14.8 Å². The number of nitro groups is 1. The molecule has 0 aliphatic carbocycles. The molecule has 4 aromatic rings. The van der Waals surface area contributed by atoms with E-state index in [2.05, 4.69) is 10.4 Å². The summed E-state index contributed by atoms with van der Waals surface area (Å²) in [4.78, 5) is 23.4. The average molecular weight is 515 g/mol. The maximum atomic E-state index is 13.7. The van der Waals surface area contributed by atoms with E-state index in [4.69, 9.17) is 21.1 Å². The molecule has 1 N–H and O–H groups in total. The second kappa shape index (κ2) is 10.4. The van der Waals surface area contributed by atoms with Crippen LogP contribution in [0.15, 0.2) is 66.9 Å². The van der Waals surface area contributed by atoms with Crippen LogP contribution in [0.4, 0.5) is 20.2 Å². The van der Waals surface area contributed by atoms with Gasteiger partial charge in [-0.15, -0.1) is 0 Å². The van der Waals surface area contributed by atoms with E-state index in [0.29, 0.717) is 16.8 Å². The highest BCUT2D eigenvalue weighted by Crippen LogP contribution is 2.31. The largest absolute Gasteiger partial charge is 0.468 e. The van der Waals surface area contributed by atoms with E-state index in [9.17, 15) is 23.7 Å². The molecule has 4 rings (SSSR count). The first-order valence-corrected chi connectivity index (χ1v) is 10.7. The van der Waals surface area contributed by atoms with Crippen molar-refractivity contribution >= 4 is 28.9 Å². The molecule has 12 heteroatoms. The summed E-state index contributed by atoms with van der Waals surface area (Å²) in [6, 6.07) is 13.0. The van der Waals surface area contributed by atoms with Crippen molar-refractivity contribution in [1.29, 1.82) is 0 Å². The van der Waals surface area contributed by atoms with Gasteiger partial charge in [-0.3, -0.25) is 14.9 Å². The van der Waals surface area contributed by atoms with Gasteiger partial charge in [-0.25, -0.2) is 13.5 Å². The number of carbonyl (C=O) groups excluding carboxylic acids is 1. The monoisotopic (exact) mass is 514 g/mol. The van der Waals surface area contributed by atoms with Crippen LogP contribution >= 0.6 is 11.6 Å². The van der Waals surface area contributed by atoms with Gasteiger partial charge >= 0.3 is 0 Å². The molecule has 0 aliphatic rings. The molecule has 1 aromatic heterocycles. The van der Waals surface area contributed by atoms with Crippen molar-refractivity contribution in [3.8, 4) is 17.2 Å². The summed E-state index contributed by atoms with van der Waals surface area (Å²) in [5.41, 5.74) is 0.540. The molecule has 1 amide bonds. The molecule has 0 saturated heterocycles. The zero-order chi connectivity index (χ0) is 25.8. The summed E-state index contributed by atoms with van der Waals surface area (Å²) in [5.74, 6) is -1.92. The third-order valence-electron chi connectivity index (χ3n) is 4.84. The Kier molecular flexibility index (Phi) is 7.11. The highest BCUT2D eigenvalue weighted by Gasteiger charge is 2.16. The minimum atomic E-state index is -0.877. The second-order valence-electron chi connectivity index (χ2n) is 7.53. The Hall–Kier alpha value is -4.51. The fraction of sp³-hybridized carbons (Fsp3) is 0.0833. The molecule has 9 nitrogen and oxygen atoms in total. The lowest BCUT2D eigenvalue weighted by atomic mass is 10.2. The van der Waals surface area contributed by atoms with E-state index in [1.165, 1.54) is 35.1 Å². The first-order valence-electron chi connectivity index (χ1n) is 10.3. The van der Waals surface area contributed by atoms with Gasteiger partial charge < -0.3 is 14.8 Å². The lowest BCUT2D eigenvalue weighted by Gasteiger charge is -2.10. The van der Waals surface area contributed by atoms with E-state index in [1.54, 1.807) is 25.1 Å². The van der Waals surface area contributed by atoms with Crippen molar-refractivity contribution in [3.63, 3.8) is 0 Å². The van der Waals surface area contributed by atoms with E-state index in [0.717, 1.165) is 17.7 Å². The Labute approximate surface area is 208 Å². The number of ether oxygens (including phenoxy) is 2. The van der Waals surface area contributed by atoms with Gasteiger partial charge in [0.2, 0.25) is 0 Å². The molecular weight excluding hydrogens is 498 g/mol. The van der Waals surface area contributed by atoms with Crippen molar-refractivity contribution in [2.24, 2.45) is 0 Å². The van der Waals surface area contributed by atoms with Gasteiger partial charge in [-0.2, -0.15) is 5.10 Å². The van der Waals surface area contributed by atoms with Crippen molar-refractivity contribution < 1.29 is 28.0 Å². The third-order valence-corrected chi connectivity index (χ3v) is 5.27. The number of anilines is 1. The molecule has 0 unspecified atom stereocenters. The summed E-state index contributed by atoms with van der Waals surface area (Å²) >= 11 is 6.02. The van der Waals surface area contributed by atoms with Crippen LogP contribution in [0.1, 0.15) is 16.1 Å². The molecule has 0 saturated carbocycles. The lowest BCUT2D eigenvalue weighted by molar-refractivity contribution is -0.384. The van der Waals surface area contributed by atoms with Gasteiger partial charge in [0.15, 0.2) is 24.0 Å². The molecule has 184 valence electrons. The van der Waals surface area contributed by atoms with Crippen LogP contribution in [0.25, 0.3) is 0 Å². The normalized spacial score (nSPS) is 10.7. The number of aromatic nitrogens is 2. The number of benzene rings is 3. The maximum absolute atomic E-state index is 13.7. The predicted octanol–water partition coefficient (Wildman–Crippen LogP) is 6.11. The van der Waals surface area contributed by atoms with E-state index < -0.39 is 22.5 Å². The van der Waals surface area contributed by atoms with Crippen LogP contribution in [-0.2, 0) is 6.73 Å². The second-order valence-corrected chi connectivity index (χ2v) is 7.94. The number of nitro benzene ring substituents is 1. The van der Waals surface area contributed by atoms with Crippen LogP contribution in [0, 0.1) is 28.7 Å². The Morgan fingerprint density at radius 2 is 1.92 bits per heavy atom. The summed E-state index contributed by atoms with van der Waals surface area (Å²) < 4.78 is 38.9. The molecule has 0 atom stereocenters. The number of hydrogen-bond donors (Lipinski definition) is 1. The smallest absolute Gasteiger partial charge is 0.276 e. The maximum Gasteiger partial charge on any atom is 0.276 e. The van der Waals surface area contributed by atoms with Gasteiger partial charge in [0.05, 0.1) is 16.7 Å². The van der Waals surface area contributed by atoms with Gasteiger partial charge in [0, 0.05) is 29.4 Å². The summed E-state index contributed by atoms with van der Waals surface area (Å²) in [6.45, 7) is 1.54. The predicted molar refractivity (Wildman–Crippen MR) is 127 cm³/mol. The van der Waals surface area contributed by atoms with E-state index >= 15 is 0 Å². The number of non-ortho nitro benzene ring substituents is 1. The van der Waals surface area contributed by atoms with Gasteiger partial charge in [0.1, 0.15) is 17.3 Å². The average Bonchev–Trinajstić information content (AvgIpc) is 3.30. The molecule has 0 fully saturated rings. The van der Waals surface area contributed by atoms with Gasteiger partial charge in [0.25, 0.3) is 11.6 Å². The van der Waals surface area contributed by atoms with Crippen molar-refractivity contribution in [3.05, 3.63) is 105 Å². The summed E-state index contributed by atoms with van der Waals surface area (Å²) in [7, 11) is 0. The van der Waals surface area contributed by atoms with Crippen LogP contribution in [-0.4, -0.2) is 20.6 Å². The first-order chi connectivity index (χ1) is 17.2. The van der Waals surface area contributed by atoms with Crippen LogP contribution in [0.2, 0.25) is 5.02 Å². The number of rotatable bonds is 8. The van der Waals surface area contributed by atoms with Crippen LogP contribution in [0.5, 0.6) is 17.2 Å². The van der Waals surface area contributed by atoms with Gasteiger partial charge in [-0.1, -0.05) is 11.6 Å². The number of aryl methyl sites for hydroxylation is 1. The molecule has 0 bridgehead atoms. The number of carbonyl (C=O) groups is 1. The standard InChI is InChI=1S/C24H17ClF2N4O5/c1-14-8-18(3-4-20(14)25)36-19-11-16(10-17(12-19)31(33)34)28-24(32)22-6-7-30(29-22)13-35-23-5-2-15(26)9-21(23)27/h2-12H,13H2,1H3,(H,28,32). The number of nitrogens with zero attached hydrogens (tertiary/aromatic N) is 3. The Morgan fingerprint density at radius 3 is 2.64 bits per heavy atom. The molecular formula is C24H17ClF2N4O5. The fourth-order valence-corrected chi connectivity index (χ4v) is 3.23. The van der Waals surface area contributed by atoms with E-state index in [1.807, 2.05) is 0 Å². The molecule has 0 radical (unpaired) electrons. The minimum absolute atomic E-state index is 0.0273. The lowest BCUT2D eigenvalue weighted by Crippen LogP contribution is -2.14. The molecule has 3 aromatic carbocycles. The van der Waals surface area contributed by atoms with E-state index in [-0.39, 0.29) is 35.3 Å². The fourth-order valence-electron chi connectivity index (χ4n) is 3.11. The SMILES string of the molecule is Cc1cc(Oc2cc(NC(=O)c3ccn(COc4ccc(F)cc4F)n3)cc([N+](=O)[O-])c2)ccc1Cl. The van der Waals surface area contributed by atoms with Crippen molar-refractivity contribution in [2.75, 3.05) is 5.32 Å². The highest BCUT2D eigenvalue weighted by atomic mass is 35.5. The number of amides is 1. The van der Waals surface area contributed by atoms with Crippen molar-refractivity contribution in [2.45, 2.75) is 13.7 Å². The summed E-state index contributed by atoms with van der Waals surface area (Å²) in [6.07, 6.45) is 1.42. The quantitative estimate of drug-likeness (QED) is 0.224. The molecule has 36 heavy (non-hydrogen) atoms. The first kappa shape index (κ1) is 24.6. The Bertz CT molecular complexity index is 1460. The zero-order valence-corrected chi connectivity index (χ0v) is 19.3. The van der Waals surface area contributed by atoms with Crippen LogP contribution in [0.3, 0.4) is 0 Å². The van der Waals surface area contributed by atoms with Crippen molar-refractivity contribution in [1.82, 2.24) is 9.78 Å². The Balaban J connectivity index is 1.47. The summed E-state index contributed by atoms with van der Waals surface area (Å²) in [5, 5.41) is 18.5. The number of hydrogen-bond acceptors (Lipinski definition) is 6. The molecule has 0 spiro atoms. The number of halogens is 3. The molecule has 1 heterocycles. The molecule has 0 aliphatic heterocycles. The zero-order valence-electron chi connectivity index (χ0n) is 18.6. The topological polar surface area (TPSA) is 109 Å². The Morgan fingerprint density at radius 1 is 1.11 bits per heavy atom. The minimum Gasteiger partial charge on any atom is -0.468 e. The number of nitrogens with one attached hydrogen (secondary N) is 1. The third kappa shape index (κ3) is 5.94. The van der Waals surface area contributed by atoms with Gasteiger partial charge in [-0.05, 0) is 48.9 Å². The highest BCUT2D eigenvalue weighted by molar-refractivity contribution is 6.31.